The molecule has 154 valence electrons. The number of fused-ring (bicyclic) bond motifs is 1. The minimum atomic E-state index is -1.61. The summed E-state index contributed by atoms with van der Waals surface area (Å²) >= 11 is 0. The van der Waals surface area contributed by atoms with Crippen LogP contribution in [0.25, 0.3) is 28.0 Å². The molecule has 3 heterocycles. The third-order valence-electron chi connectivity index (χ3n) is 4.95. The Morgan fingerprint density at radius 1 is 1.00 bits per heavy atom. The molecule has 8 heteroatoms. The number of hydrogen-bond acceptors (Lipinski definition) is 7. The summed E-state index contributed by atoms with van der Waals surface area (Å²) in [6.07, 6.45) is 2.34. The van der Waals surface area contributed by atoms with E-state index >= 15 is 0 Å². The van der Waals surface area contributed by atoms with Gasteiger partial charge in [0.2, 0.25) is 0 Å². The van der Waals surface area contributed by atoms with Crippen molar-refractivity contribution in [3.63, 3.8) is 0 Å². The quantitative estimate of drug-likeness (QED) is 0.345. The Morgan fingerprint density at radius 3 is 2.63 bits per heavy atom. The minimum absolute atomic E-state index is 0.0502. The number of rotatable bonds is 7. The lowest BCUT2D eigenvalue weighted by molar-refractivity contribution is 0.0233. The van der Waals surface area contributed by atoms with Crippen LogP contribution in [0.5, 0.6) is 0 Å². The monoisotopic (exact) mass is 405 g/mol. The van der Waals surface area contributed by atoms with Crippen LogP contribution in [-0.4, -0.2) is 41.7 Å². The summed E-state index contributed by atoms with van der Waals surface area (Å²) < 4.78 is 1.71. The van der Waals surface area contributed by atoms with E-state index in [4.69, 9.17) is 10.8 Å². The van der Waals surface area contributed by atoms with Crippen molar-refractivity contribution in [1.82, 2.24) is 19.7 Å². The summed E-state index contributed by atoms with van der Waals surface area (Å²) in [6.45, 7) is -0.196. The maximum Gasteiger partial charge on any atom is 0.156 e. The van der Waals surface area contributed by atoms with Gasteiger partial charge in [-0.2, -0.15) is 5.10 Å². The SMILES string of the molecule is NC(O)(CCCO)c1cccc(-c2ccc3cnn(-c4cccc(CO)n4)c3c2)n1. The molecule has 1 aromatic carbocycles. The Labute approximate surface area is 173 Å². The molecule has 0 radical (unpaired) electrons. The number of nitrogens with two attached hydrogens (primary N) is 1. The third-order valence-corrected chi connectivity index (χ3v) is 4.95. The zero-order chi connectivity index (χ0) is 21.1. The van der Waals surface area contributed by atoms with E-state index in [1.807, 2.05) is 36.4 Å². The fourth-order valence-electron chi connectivity index (χ4n) is 3.35. The summed E-state index contributed by atoms with van der Waals surface area (Å²) in [5.74, 6) is 0.607. The van der Waals surface area contributed by atoms with Gasteiger partial charge >= 0.3 is 0 Å². The number of aliphatic hydroxyl groups excluding tert-OH is 2. The summed E-state index contributed by atoms with van der Waals surface area (Å²) in [6, 6.07) is 16.5. The number of aliphatic hydroxyl groups is 3. The molecule has 30 heavy (non-hydrogen) atoms. The maximum atomic E-state index is 10.5. The Morgan fingerprint density at radius 2 is 1.83 bits per heavy atom. The summed E-state index contributed by atoms with van der Waals surface area (Å²) in [4.78, 5) is 8.98. The number of aromatic nitrogens is 4. The molecule has 0 bridgehead atoms. The second kappa shape index (κ2) is 8.29. The second-order valence-electron chi connectivity index (χ2n) is 7.13. The number of nitrogens with zero attached hydrogens (tertiary/aromatic N) is 4. The van der Waals surface area contributed by atoms with Crippen LogP contribution in [0.4, 0.5) is 0 Å². The Bertz CT molecular complexity index is 1170. The predicted molar refractivity (Wildman–Crippen MR) is 112 cm³/mol. The molecular weight excluding hydrogens is 382 g/mol. The van der Waals surface area contributed by atoms with E-state index in [0.717, 1.165) is 16.5 Å². The molecule has 0 saturated heterocycles. The van der Waals surface area contributed by atoms with Gasteiger partial charge in [-0.15, -0.1) is 0 Å². The van der Waals surface area contributed by atoms with E-state index in [1.54, 1.807) is 29.1 Å². The molecule has 0 saturated carbocycles. The van der Waals surface area contributed by atoms with Crippen molar-refractivity contribution < 1.29 is 15.3 Å². The highest BCUT2D eigenvalue weighted by Crippen LogP contribution is 2.27. The van der Waals surface area contributed by atoms with E-state index in [0.29, 0.717) is 29.3 Å². The third kappa shape index (κ3) is 3.94. The van der Waals surface area contributed by atoms with Gasteiger partial charge in [0, 0.05) is 17.6 Å². The van der Waals surface area contributed by atoms with Gasteiger partial charge < -0.3 is 15.3 Å². The Balaban J connectivity index is 1.75. The highest BCUT2D eigenvalue weighted by atomic mass is 16.3. The van der Waals surface area contributed by atoms with Gasteiger partial charge in [0.05, 0.1) is 35.4 Å². The molecule has 0 aliphatic carbocycles. The lowest BCUT2D eigenvalue weighted by Gasteiger charge is -2.22. The predicted octanol–water partition coefficient (Wildman–Crippen LogP) is 1.85. The van der Waals surface area contributed by atoms with Crippen LogP contribution in [0.2, 0.25) is 0 Å². The summed E-state index contributed by atoms with van der Waals surface area (Å²) in [7, 11) is 0. The fraction of sp³-hybridized carbons (Fsp3) is 0.227. The van der Waals surface area contributed by atoms with E-state index in [9.17, 15) is 10.2 Å². The van der Waals surface area contributed by atoms with Gasteiger partial charge in [0.25, 0.3) is 0 Å². The Kier molecular flexibility index (Phi) is 5.56. The van der Waals surface area contributed by atoms with Crippen molar-refractivity contribution >= 4 is 10.9 Å². The number of benzene rings is 1. The molecule has 0 spiro atoms. The maximum absolute atomic E-state index is 10.5. The van der Waals surface area contributed by atoms with Crippen LogP contribution in [0.1, 0.15) is 24.2 Å². The number of pyridine rings is 2. The van der Waals surface area contributed by atoms with Crippen molar-refractivity contribution in [2.45, 2.75) is 25.2 Å². The number of hydrogen-bond donors (Lipinski definition) is 4. The van der Waals surface area contributed by atoms with Crippen molar-refractivity contribution in [2.24, 2.45) is 5.73 Å². The summed E-state index contributed by atoms with van der Waals surface area (Å²) in [5.41, 5.74) is 7.64. The molecule has 0 aliphatic rings. The molecule has 4 rings (SSSR count). The lowest BCUT2D eigenvalue weighted by Crippen LogP contribution is -2.37. The lowest BCUT2D eigenvalue weighted by atomic mass is 10.0. The molecule has 5 N–H and O–H groups in total. The second-order valence-corrected chi connectivity index (χ2v) is 7.13. The highest BCUT2D eigenvalue weighted by molar-refractivity contribution is 5.84. The van der Waals surface area contributed by atoms with Crippen LogP contribution < -0.4 is 5.73 Å². The van der Waals surface area contributed by atoms with E-state index < -0.39 is 5.72 Å². The molecule has 0 aliphatic heterocycles. The van der Waals surface area contributed by atoms with Crippen molar-refractivity contribution in [3.05, 3.63) is 72.2 Å². The van der Waals surface area contributed by atoms with Crippen LogP contribution in [0.3, 0.4) is 0 Å². The van der Waals surface area contributed by atoms with Gasteiger partial charge in [0.15, 0.2) is 11.5 Å². The van der Waals surface area contributed by atoms with Crippen molar-refractivity contribution in [2.75, 3.05) is 6.61 Å². The topological polar surface area (TPSA) is 130 Å². The highest BCUT2D eigenvalue weighted by Gasteiger charge is 2.25. The molecule has 0 fully saturated rings. The van der Waals surface area contributed by atoms with Gasteiger partial charge in [-0.1, -0.05) is 24.3 Å². The average molecular weight is 405 g/mol. The first-order valence-electron chi connectivity index (χ1n) is 9.67. The minimum Gasteiger partial charge on any atom is -0.396 e. The van der Waals surface area contributed by atoms with Crippen LogP contribution in [0, 0.1) is 0 Å². The zero-order valence-corrected chi connectivity index (χ0v) is 16.3. The van der Waals surface area contributed by atoms with Crippen LogP contribution in [0.15, 0.2) is 60.8 Å². The molecule has 1 atom stereocenters. The van der Waals surface area contributed by atoms with E-state index in [1.165, 1.54) is 0 Å². The van der Waals surface area contributed by atoms with Gasteiger partial charge in [-0.25, -0.2) is 14.6 Å². The molecule has 1 unspecified atom stereocenters. The standard InChI is InChI=1S/C22H23N5O3/c23-22(30,10-3-11-28)20-6-2-5-18(26-20)15-8-9-16-13-24-27(19(16)12-15)21-7-1-4-17(14-29)25-21/h1-2,4-9,12-13,28-30H,3,10-11,14,23H2. The van der Waals surface area contributed by atoms with Crippen LogP contribution in [-0.2, 0) is 12.3 Å². The molecule has 8 nitrogen and oxygen atoms in total. The van der Waals surface area contributed by atoms with Crippen molar-refractivity contribution in [1.29, 1.82) is 0 Å². The summed E-state index contributed by atoms with van der Waals surface area (Å²) in [5, 5.41) is 34.3. The molecule has 3 aromatic heterocycles. The largest absolute Gasteiger partial charge is 0.396 e. The fourth-order valence-corrected chi connectivity index (χ4v) is 3.35. The average Bonchev–Trinajstić information content (AvgIpc) is 3.21. The normalized spacial score (nSPS) is 13.5. The van der Waals surface area contributed by atoms with E-state index in [2.05, 4.69) is 15.1 Å². The van der Waals surface area contributed by atoms with Crippen LogP contribution >= 0.6 is 0 Å². The first kappa shape index (κ1) is 20.1. The first-order chi connectivity index (χ1) is 14.5. The molecule has 0 amide bonds. The first-order valence-corrected chi connectivity index (χ1v) is 9.67. The smallest absolute Gasteiger partial charge is 0.156 e. The van der Waals surface area contributed by atoms with Gasteiger partial charge in [-0.05, 0) is 43.2 Å². The molecule has 4 aromatic rings. The zero-order valence-electron chi connectivity index (χ0n) is 16.3. The van der Waals surface area contributed by atoms with Crippen molar-refractivity contribution in [3.8, 4) is 17.1 Å². The van der Waals surface area contributed by atoms with E-state index in [-0.39, 0.29) is 19.6 Å². The van der Waals surface area contributed by atoms with Gasteiger partial charge in [0.1, 0.15) is 0 Å². The molecular formula is C22H23N5O3. The Hall–Kier alpha value is -3.17. The van der Waals surface area contributed by atoms with Gasteiger partial charge in [-0.3, -0.25) is 5.73 Å².